The fourth-order valence-corrected chi connectivity index (χ4v) is 3.42. The zero-order valence-electron chi connectivity index (χ0n) is 14.4. The molecular formula is C20H18FNO3S. The molecule has 0 radical (unpaired) electrons. The minimum Gasteiger partial charge on any atom is -0.493 e. The van der Waals surface area contributed by atoms with E-state index in [1.54, 1.807) is 38.5 Å². The van der Waals surface area contributed by atoms with Gasteiger partial charge < -0.3 is 14.8 Å². The molecule has 0 fully saturated rings. The van der Waals surface area contributed by atoms with Gasteiger partial charge in [-0.3, -0.25) is 4.79 Å². The van der Waals surface area contributed by atoms with Crippen LogP contribution >= 0.6 is 11.3 Å². The van der Waals surface area contributed by atoms with E-state index in [4.69, 9.17) is 9.47 Å². The number of thiophene rings is 1. The highest BCUT2D eigenvalue weighted by Crippen LogP contribution is 2.29. The van der Waals surface area contributed by atoms with Crippen molar-refractivity contribution < 1.29 is 18.7 Å². The molecule has 0 spiro atoms. The maximum Gasteiger partial charge on any atom is 0.261 e. The quantitative estimate of drug-likeness (QED) is 0.694. The number of rotatable bonds is 6. The van der Waals surface area contributed by atoms with Crippen LogP contribution in [0.25, 0.3) is 10.4 Å². The maximum atomic E-state index is 13.0. The SMILES string of the molecule is COc1ccc(CNC(=O)c2ccc(-c3ccc(F)cc3)s2)cc1OC. The summed E-state index contributed by atoms with van der Waals surface area (Å²) >= 11 is 1.37. The molecule has 4 nitrogen and oxygen atoms in total. The van der Waals surface area contributed by atoms with E-state index >= 15 is 0 Å². The summed E-state index contributed by atoms with van der Waals surface area (Å²) in [5.41, 5.74) is 1.79. The molecule has 0 aliphatic rings. The van der Waals surface area contributed by atoms with Crippen molar-refractivity contribution in [1.29, 1.82) is 0 Å². The molecule has 0 bridgehead atoms. The van der Waals surface area contributed by atoms with Gasteiger partial charge in [0.1, 0.15) is 5.82 Å². The summed E-state index contributed by atoms with van der Waals surface area (Å²) in [5, 5.41) is 2.89. The monoisotopic (exact) mass is 371 g/mol. The number of hydrogen-bond donors (Lipinski definition) is 1. The van der Waals surface area contributed by atoms with E-state index in [0.717, 1.165) is 16.0 Å². The Labute approximate surface area is 155 Å². The summed E-state index contributed by atoms with van der Waals surface area (Å²) in [6.45, 7) is 0.378. The van der Waals surface area contributed by atoms with Gasteiger partial charge in [0, 0.05) is 11.4 Å². The molecule has 0 aliphatic carbocycles. The van der Waals surface area contributed by atoms with Crippen molar-refractivity contribution in [1.82, 2.24) is 5.32 Å². The maximum absolute atomic E-state index is 13.0. The summed E-state index contributed by atoms with van der Waals surface area (Å²) in [5.74, 6) is 0.829. The van der Waals surface area contributed by atoms with Crippen LogP contribution in [-0.2, 0) is 6.54 Å². The lowest BCUT2D eigenvalue weighted by molar-refractivity contribution is 0.0955. The molecule has 0 aliphatic heterocycles. The second-order valence-corrected chi connectivity index (χ2v) is 6.63. The van der Waals surface area contributed by atoms with Crippen LogP contribution < -0.4 is 14.8 Å². The van der Waals surface area contributed by atoms with Crippen molar-refractivity contribution in [2.75, 3.05) is 14.2 Å². The molecule has 0 saturated heterocycles. The first-order valence-electron chi connectivity index (χ1n) is 7.95. The van der Waals surface area contributed by atoms with Gasteiger partial charge in [-0.05, 0) is 47.5 Å². The lowest BCUT2D eigenvalue weighted by atomic mass is 10.2. The summed E-state index contributed by atoms with van der Waals surface area (Å²) < 4.78 is 23.5. The van der Waals surface area contributed by atoms with Crippen molar-refractivity contribution in [3.8, 4) is 21.9 Å². The van der Waals surface area contributed by atoms with Gasteiger partial charge in [-0.25, -0.2) is 4.39 Å². The third-order valence-electron chi connectivity index (χ3n) is 3.86. The van der Waals surface area contributed by atoms with Gasteiger partial charge in [0.15, 0.2) is 11.5 Å². The van der Waals surface area contributed by atoms with Gasteiger partial charge in [0.05, 0.1) is 19.1 Å². The van der Waals surface area contributed by atoms with Crippen LogP contribution in [0.15, 0.2) is 54.6 Å². The first kappa shape index (κ1) is 17.9. The lowest BCUT2D eigenvalue weighted by Gasteiger charge is -2.10. The number of nitrogens with one attached hydrogen (secondary N) is 1. The Balaban J connectivity index is 1.66. The first-order chi connectivity index (χ1) is 12.6. The molecule has 1 aromatic heterocycles. The molecule has 3 aromatic rings. The van der Waals surface area contributed by atoms with E-state index in [0.29, 0.717) is 22.9 Å². The second-order valence-electron chi connectivity index (χ2n) is 5.54. The molecule has 1 N–H and O–H groups in total. The highest BCUT2D eigenvalue weighted by atomic mass is 32.1. The molecule has 3 rings (SSSR count). The van der Waals surface area contributed by atoms with E-state index in [2.05, 4.69) is 5.32 Å². The van der Waals surface area contributed by atoms with Gasteiger partial charge in [-0.2, -0.15) is 0 Å². The number of ether oxygens (including phenoxy) is 2. The largest absolute Gasteiger partial charge is 0.493 e. The van der Waals surface area contributed by atoms with Crippen molar-refractivity contribution in [2.24, 2.45) is 0 Å². The minimum absolute atomic E-state index is 0.154. The van der Waals surface area contributed by atoms with E-state index in [1.165, 1.54) is 23.5 Å². The van der Waals surface area contributed by atoms with Gasteiger partial charge >= 0.3 is 0 Å². The van der Waals surface area contributed by atoms with Crippen LogP contribution in [0.5, 0.6) is 11.5 Å². The Kier molecular flexibility index (Phi) is 5.53. The summed E-state index contributed by atoms with van der Waals surface area (Å²) in [6, 6.07) is 15.4. The summed E-state index contributed by atoms with van der Waals surface area (Å²) in [4.78, 5) is 13.9. The van der Waals surface area contributed by atoms with Gasteiger partial charge in [0.2, 0.25) is 0 Å². The summed E-state index contributed by atoms with van der Waals surface area (Å²) in [7, 11) is 3.15. The van der Waals surface area contributed by atoms with Crippen molar-refractivity contribution in [2.45, 2.75) is 6.54 Å². The van der Waals surface area contributed by atoms with E-state index in [1.807, 2.05) is 18.2 Å². The number of halogens is 1. The predicted octanol–water partition coefficient (Wildman–Crippen LogP) is 4.50. The fourth-order valence-electron chi connectivity index (χ4n) is 2.49. The summed E-state index contributed by atoms with van der Waals surface area (Å²) in [6.07, 6.45) is 0. The predicted molar refractivity (Wildman–Crippen MR) is 100 cm³/mol. The molecule has 6 heteroatoms. The van der Waals surface area contributed by atoms with Crippen LogP contribution in [0.2, 0.25) is 0 Å². The number of amides is 1. The third kappa shape index (κ3) is 4.03. The van der Waals surface area contributed by atoms with Crippen LogP contribution in [0.3, 0.4) is 0 Å². The zero-order chi connectivity index (χ0) is 18.5. The Morgan fingerprint density at radius 3 is 2.42 bits per heavy atom. The number of benzene rings is 2. The van der Waals surface area contributed by atoms with Crippen LogP contribution in [0.1, 0.15) is 15.2 Å². The van der Waals surface area contributed by atoms with Crippen LogP contribution in [0.4, 0.5) is 4.39 Å². The molecule has 26 heavy (non-hydrogen) atoms. The van der Waals surface area contributed by atoms with Crippen molar-refractivity contribution in [3.63, 3.8) is 0 Å². The smallest absolute Gasteiger partial charge is 0.261 e. The normalized spacial score (nSPS) is 10.4. The van der Waals surface area contributed by atoms with Crippen LogP contribution in [0, 0.1) is 5.82 Å². The fraction of sp³-hybridized carbons (Fsp3) is 0.150. The highest BCUT2D eigenvalue weighted by molar-refractivity contribution is 7.17. The topological polar surface area (TPSA) is 47.6 Å². The molecule has 1 heterocycles. The first-order valence-corrected chi connectivity index (χ1v) is 8.77. The van der Waals surface area contributed by atoms with Gasteiger partial charge in [0.25, 0.3) is 5.91 Å². The van der Waals surface area contributed by atoms with Crippen molar-refractivity contribution in [3.05, 3.63) is 70.9 Å². The Morgan fingerprint density at radius 2 is 1.73 bits per heavy atom. The Morgan fingerprint density at radius 1 is 1.00 bits per heavy atom. The molecular weight excluding hydrogens is 353 g/mol. The van der Waals surface area contributed by atoms with Crippen LogP contribution in [-0.4, -0.2) is 20.1 Å². The Bertz CT molecular complexity index is 906. The molecule has 0 unspecified atom stereocenters. The number of carbonyl (C=O) groups excluding carboxylic acids is 1. The molecule has 134 valence electrons. The third-order valence-corrected chi connectivity index (χ3v) is 4.99. The van der Waals surface area contributed by atoms with Gasteiger partial charge in [-0.15, -0.1) is 11.3 Å². The lowest BCUT2D eigenvalue weighted by Crippen LogP contribution is -2.21. The van der Waals surface area contributed by atoms with Gasteiger partial charge in [-0.1, -0.05) is 18.2 Å². The highest BCUT2D eigenvalue weighted by Gasteiger charge is 2.11. The van der Waals surface area contributed by atoms with E-state index in [-0.39, 0.29) is 11.7 Å². The molecule has 1 amide bonds. The average molecular weight is 371 g/mol. The van der Waals surface area contributed by atoms with E-state index in [9.17, 15) is 9.18 Å². The van der Waals surface area contributed by atoms with E-state index < -0.39 is 0 Å². The number of methoxy groups -OCH3 is 2. The zero-order valence-corrected chi connectivity index (χ0v) is 15.2. The molecule has 0 saturated carbocycles. The second kappa shape index (κ2) is 8.01. The Hall–Kier alpha value is -2.86. The molecule has 2 aromatic carbocycles. The van der Waals surface area contributed by atoms with Crippen molar-refractivity contribution >= 4 is 17.2 Å². The number of hydrogen-bond acceptors (Lipinski definition) is 4. The minimum atomic E-state index is -0.279. The molecule has 0 atom stereocenters. The average Bonchev–Trinajstić information content (AvgIpc) is 3.16. The number of carbonyl (C=O) groups is 1. The standard InChI is InChI=1S/C20H18FNO3S/c1-24-16-8-3-13(11-17(16)25-2)12-22-20(23)19-10-9-18(26-19)14-4-6-15(21)7-5-14/h3-11H,12H2,1-2H3,(H,22,23).